The van der Waals surface area contributed by atoms with Crippen molar-refractivity contribution >= 4 is 5.97 Å². The number of hydrogen-bond donors (Lipinski definition) is 1. The summed E-state index contributed by atoms with van der Waals surface area (Å²) in [6.07, 6.45) is 0.751. The molecule has 3 nitrogen and oxygen atoms in total. The monoisotopic (exact) mass is 192 g/mol. The molecule has 2 rings (SSSR count). The second-order valence-corrected chi connectivity index (χ2v) is 3.44. The SMILES string of the molecule is CCc1ccc2c(c1)C[C@@H](C(=O)O)O2. The van der Waals surface area contributed by atoms with Crippen LogP contribution in [0.15, 0.2) is 18.2 Å². The van der Waals surface area contributed by atoms with Crippen LogP contribution < -0.4 is 4.74 Å². The van der Waals surface area contributed by atoms with Crippen molar-refractivity contribution in [3.63, 3.8) is 0 Å². The molecule has 0 aromatic heterocycles. The number of aliphatic carboxylic acids is 1. The minimum Gasteiger partial charge on any atom is -0.478 e. The van der Waals surface area contributed by atoms with Gasteiger partial charge in [-0.1, -0.05) is 19.1 Å². The Balaban J connectivity index is 2.27. The summed E-state index contributed by atoms with van der Waals surface area (Å²) in [4.78, 5) is 10.7. The molecule has 0 unspecified atom stereocenters. The minimum absolute atomic E-state index is 0.485. The van der Waals surface area contributed by atoms with E-state index in [2.05, 4.69) is 6.92 Å². The van der Waals surface area contributed by atoms with Crippen LogP contribution in [0, 0.1) is 0 Å². The largest absolute Gasteiger partial charge is 0.478 e. The molecule has 0 saturated carbocycles. The van der Waals surface area contributed by atoms with E-state index in [0.29, 0.717) is 6.42 Å². The van der Waals surface area contributed by atoms with Crippen molar-refractivity contribution in [2.75, 3.05) is 0 Å². The number of carbonyl (C=O) groups is 1. The van der Waals surface area contributed by atoms with Gasteiger partial charge in [-0.2, -0.15) is 0 Å². The number of benzene rings is 1. The Morgan fingerprint density at radius 3 is 3.07 bits per heavy atom. The zero-order valence-electron chi connectivity index (χ0n) is 7.99. The quantitative estimate of drug-likeness (QED) is 0.774. The molecule has 0 amide bonds. The van der Waals surface area contributed by atoms with Crippen molar-refractivity contribution in [1.29, 1.82) is 0 Å². The number of carboxylic acid groups (broad SMARTS) is 1. The molecule has 74 valence electrons. The Hall–Kier alpha value is -1.51. The van der Waals surface area contributed by atoms with E-state index in [1.54, 1.807) is 0 Å². The maximum absolute atomic E-state index is 10.7. The maximum Gasteiger partial charge on any atom is 0.345 e. The van der Waals surface area contributed by atoms with Crippen molar-refractivity contribution in [2.45, 2.75) is 25.9 Å². The first-order valence-electron chi connectivity index (χ1n) is 4.72. The van der Waals surface area contributed by atoms with Crippen LogP contribution in [0.25, 0.3) is 0 Å². The van der Waals surface area contributed by atoms with Gasteiger partial charge in [0.1, 0.15) is 5.75 Å². The van der Waals surface area contributed by atoms with Crippen LogP contribution in [0.5, 0.6) is 5.75 Å². The Morgan fingerprint density at radius 2 is 2.43 bits per heavy atom. The van der Waals surface area contributed by atoms with Crippen molar-refractivity contribution in [3.8, 4) is 5.75 Å². The van der Waals surface area contributed by atoms with E-state index in [1.807, 2.05) is 18.2 Å². The highest BCUT2D eigenvalue weighted by Crippen LogP contribution is 2.29. The zero-order valence-corrected chi connectivity index (χ0v) is 7.99. The predicted molar refractivity (Wildman–Crippen MR) is 51.6 cm³/mol. The second kappa shape index (κ2) is 3.33. The highest BCUT2D eigenvalue weighted by molar-refractivity contribution is 5.74. The van der Waals surface area contributed by atoms with Gasteiger partial charge in [-0.3, -0.25) is 0 Å². The molecule has 14 heavy (non-hydrogen) atoms. The summed E-state index contributed by atoms with van der Waals surface area (Å²) in [5.41, 5.74) is 2.23. The summed E-state index contributed by atoms with van der Waals surface area (Å²) in [5.74, 6) is -0.172. The number of ether oxygens (including phenoxy) is 1. The molecule has 1 aliphatic heterocycles. The zero-order chi connectivity index (χ0) is 10.1. The molecule has 0 aliphatic carbocycles. The van der Waals surface area contributed by atoms with E-state index in [9.17, 15) is 4.79 Å². The Morgan fingerprint density at radius 1 is 1.64 bits per heavy atom. The molecule has 0 saturated heterocycles. The van der Waals surface area contributed by atoms with Crippen LogP contribution in [0.1, 0.15) is 18.1 Å². The molecule has 1 heterocycles. The van der Waals surface area contributed by atoms with Crippen LogP contribution in [0.2, 0.25) is 0 Å². The van der Waals surface area contributed by atoms with E-state index in [0.717, 1.165) is 17.7 Å². The summed E-state index contributed by atoms with van der Waals surface area (Å²) in [5, 5.41) is 8.79. The molecule has 0 fully saturated rings. The first-order valence-corrected chi connectivity index (χ1v) is 4.72. The van der Waals surface area contributed by atoms with Gasteiger partial charge in [0, 0.05) is 6.42 Å². The van der Waals surface area contributed by atoms with Crippen molar-refractivity contribution < 1.29 is 14.6 Å². The number of aryl methyl sites for hydroxylation is 1. The fourth-order valence-electron chi connectivity index (χ4n) is 1.66. The summed E-state index contributed by atoms with van der Waals surface area (Å²) in [6, 6.07) is 5.86. The smallest absolute Gasteiger partial charge is 0.345 e. The lowest BCUT2D eigenvalue weighted by Gasteiger charge is -2.03. The van der Waals surface area contributed by atoms with Crippen LogP contribution in [-0.2, 0) is 17.6 Å². The second-order valence-electron chi connectivity index (χ2n) is 3.44. The number of hydrogen-bond acceptors (Lipinski definition) is 2. The molecule has 1 N–H and O–H groups in total. The first-order chi connectivity index (χ1) is 6.70. The third kappa shape index (κ3) is 1.45. The summed E-state index contributed by atoms with van der Waals surface area (Å²) < 4.78 is 5.27. The van der Waals surface area contributed by atoms with E-state index in [-0.39, 0.29) is 0 Å². The lowest BCUT2D eigenvalue weighted by molar-refractivity contribution is -0.144. The fraction of sp³-hybridized carbons (Fsp3) is 0.364. The number of carboxylic acids is 1. The molecular formula is C11H12O3. The van der Waals surface area contributed by atoms with Gasteiger partial charge in [0.25, 0.3) is 0 Å². The van der Waals surface area contributed by atoms with Crippen LogP contribution in [-0.4, -0.2) is 17.2 Å². The van der Waals surface area contributed by atoms with Gasteiger partial charge in [-0.05, 0) is 23.6 Å². The van der Waals surface area contributed by atoms with Crippen LogP contribution in [0.4, 0.5) is 0 Å². The number of rotatable bonds is 2. The van der Waals surface area contributed by atoms with Gasteiger partial charge in [0.15, 0.2) is 6.10 Å². The summed E-state index contributed by atoms with van der Waals surface area (Å²) in [6.45, 7) is 2.08. The fourth-order valence-corrected chi connectivity index (χ4v) is 1.66. The Bertz CT molecular complexity index is 371. The average Bonchev–Trinajstić information content (AvgIpc) is 2.59. The summed E-state index contributed by atoms with van der Waals surface area (Å²) in [7, 11) is 0. The minimum atomic E-state index is -0.890. The summed E-state index contributed by atoms with van der Waals surface area (Å²) >= 11 is 0. The molecule has 1 atom stereocenters. The van der Waals surface area contributed by atoms with E-state index in [1.165, 1.54) is 5.56 Å². The van der Waals surface area contributed by atoms with Gasteiger partial charge in [-0.25, -0.2) is 4.79 Å². The molecule has 1 aromatic carbocycles. The Labute approximate surface area is 82.3 Å². The van der Waals surface area contributed by atoms with E-state index in [4.69, 9.17) is 9.84 Å². The van der Waals surface area contributed by atoms with Gasteiger partial charge in [0.05, 0.1) is 0 Å². The molecule has 1 aromatic rings. The molecule has 0 bridgehead atoms. The first kappa shape index (κ1) is 9.06. The van der Waals surface area contributed by atoms with Crippen molar-refractivity contribution in [1.82, 2.24) is 0 Å². The van der Waals surface area contributed by atoms with Gasteiger partial charge in [-0.15, -0.1) is 0 Å². The standard InChI is InChI=1S/C11H12O3/c1-2-7-3-4-9-8(5-7)6-10(14-9)11(12)13/h3-5,10H,2,6H2,1H3,(H,12,13)/t10-/m0/s1. The molecule has 1 aliphatic rings. The maximum atomic E-state index is 10.7. The van der Waals surface area contributed by atoms with Gasteiger partial charge in [0.2, 0.25) is 0 Å². The van der Waals surface area contributed by atoms with E-state index < -0.39 is 12.1 Å². The van der Waals surface area contributed by atoms with E-state index >= 15 is 0 Å². The topological polar surface area (TPSA) is 46.5 Å². The van der Waals surface area contributed by atoms with Crippen LogP contribution >= 0.6 is 0 Å². The molecular weight excluding hydrogens is 180 g/mol. The normalized spacial score (nSPS) is 18.8. The lowest BCUT2D eigenvalue weighted by atomic mass is 10.1. The van der Waals surface area contributed by atoms with Crippen molar-refractivity contribution in [3.05, 3.63) is 29.3 Å². The molecule has 3 heteroatoms. The third-order valence-electron chi connectivity index (χ3n) is 2.48. The Kier molecular flexibility index (Phi) is 2.15. The van der Waals surface area contributed by atoms with Crippen LogP contribution in [0.3, 0.4) is 0 Å². The highest BCUT2D eigenvalue weighted by Gasteiger charge is 2.28. The lowest BCUT2D eigenvalue weighted by Crippen LogP contribution is -2.24. The third-order valence-corrected chi connectivity index (χ3v) is 2.48. The predicted octanol–water partition coefficient (Wildman–Crippen LogP) is 1.64. The van der Waals surface area contributed by atoms with Gasteiger partial charge < -0.3 is 9.84 Å². The molecule has 0 spiro atoms. The van der Waals surface area contributed by atoms with Gasteiger partial charge >= 0.3 is 5.97 Å². The highest BCUT2D eigenvalue weighted by atomic mass is 16.5. The average molecular weight is 192 g/mol. The number of fused-ring (bicyclic) bond motifs is 1. The molecule has 0 radical (unpaired) electrons. The van der Waals surface area contributed by atoms with Crippen molar-refractivity contribution in [2.24, 2.45) is 0 Å².